The molecule has 1 aromatic rings. The van der Waals surface area contributed by atoms with Gasteiger partial charge in [0.05, 0.1) is 6.61 Å². The number of aryl methyl sites for hydroxylation is 1. The molecule has 2 unspecified atom stereocenters. The number of ether oxygens (including phenoxy) is 1. The van der Waals surface area contributed by atoms with E-state index in [4.69, 9.17) is 4.74 Å². The molecule has 0 spiro atoms. The Bertz CT molecular complexity index is 360. The predicted octanol–water partition coefficient (Wildman–Crippen LogP) is 4.39. The Morgan fingerprint density at radius 3 is 2.38 bits per heavy atom. The second-order valence-electron chi connectivity index (χ2n) is 6.23. The first-order valence-corrected chi connectivity index (χ1v) is 8.45. The first kappa shape index (κ1) is 18.2. The molecule has 2 atom stereocenters. The minimum Gasteiger partial charge on any atom is -0.383 e. The fraction of sp³-hybridized carbons (Fsp3) is 0.684. The van der Waals surface area contributed by atoms with Crippen LogP contribution in [0.2, 0.25) is 0 Å². The molecule has 1 rings (SSSR count). The highest BCUT2D eigenvalue weighted by atomic mass is 16.5. The van der Waals surface area contributed by atoms with E-state index in [1.165, 1.54) is 36.8 Å². The molecule has 0 radical (unpaired) electrons. The standard InChI is InChI=1S/C19H33NO/c1-5-17(3)19-10-8-18(9-11-19)7-6-16(2)12-13-20-14-15-21-4/h8-11,16-17,20H,5-7,12-15H2,1-4H3. The van der Waals surface area contributed by atoms with Crippen molar-refractivity contribution in [3.05, 3.63) is 35.4 Å². The Morgan fingerprint density at radius 1 is 1.05 bits per heavy atom. The first-order chi connectivity index (χ1) is 10.2. The van der Waals surface area contributed by atoms with Gasteiger partial charge in [0, 0.05) is 13.7 Å². The van der Waals surface area contributed by atoms with Crippen molar-refractivity contribution in [3.63, 3.8) is 0 Å². The van der Waals surface area contributed by atoms with Crippen molar-refractivity contribution in [2.24, 2.45) is 5.92 Å². The largest absolute Gasteiger partial charge is 0.383 e. The molecule has 0 bridgehead atoms. The normalized spacial score (nSPS) is 14.1. The molecule has 0 aliphatic heterocycles. The van der Waals surface area contributed by atoms with Gasteiger partial charge in [0.15, 0.2) is 0 Å². The highest BCUT2D eigenvalue weighted by molar-refractivity contribution is 5.25. The lowest BCUT2D eigenvalue weighted by molar-refractivity contribution is 0.199. The Balaban J connectivity index is 2.21. The van der Waals surface area contributed by atoms with Crippen LogP contribution in [0.5, 0.6) is 0 Å². The zero-order valence-electron chi connectivity index (χ0n) is 14.3. The molecule has 0 amide bonds. The van der Waals surface area contributed by atoms with E-state index in [2.05, 4.69) is 50.4 Å². The molecular formula is C19H33NO. The average Bonchev–Trinajstić information content (AvgIpc) is 2.52. The summed E-state index contributed by atoms with van der Waals surface area (Å²) >= 11 is 0. The zero-order valence-corrected chi connectivity index (χ0v) is 14.3. The van der Waals surface area contributed by atoms with Crippen LogP contribution >= 0.6 is 0 Å². The maximum absolute atomic E-state index is 5.03. The van der Waals surface area contributed by atoms with E-state index in [-0.39, 0.29) is 0 Å². The van der Waals surface area contributed by atoms with E-state index in [1.54, 1.807) is 7.11 Å². The van der Waals surface area contributed by atoms with E-state index in [0.29, 0.717) is 5.92 Å². The van der Waals surface area contributed by atoms with Crippen LogP contribution in [0.4, 0.5) is 0 Å². The van der Waals surface area contributed by atoms with Gasteiger partial charge in [0.2, 0.25) is 0 Å². The molecule has 0 saturated carbocycles. The van der Waals surface area contributed by atoms with Crippen LogP contribution in [-0.2, 0) is 11.2 Å². The Labute approximate surface area is 131 Å². The molecule has 0 aliphatic rings. The van der Waals surface area contributed by atoms with Gasteiger partial charge in [-0.3, -0.25) is 0 Å². The minimum absolute atomic E-state index is 0.677. The third kappa shape index (κ3) is 7.63. The Kier molecular flexibility index (Phi) is 9.36. The van der Waals surface area contributed by atoms with Crippen LogP contribution in [0.25, 0.3) is 0 Å². The Morgan fingerprint density at radius 2 is 1.76 bits per heavy atom. The number of rotatable bonds is 11. The van der Waals surface area contributed by atoms with Crippen molar-refractivity contribution >= 4 is 0 Å². The van der Waals surface area contributed by atoms with E-state index < -0.39 is 0 Å². The summed E-state index contributed by atoms with van der Waals surface area (Å²) in [5.74, 6) is 1.45. The van der Waals surface area contributed by atoms with Gasteiger partial charge in [-0.25, -0.2) is 0 Å². The summed E-state index contributed by atoms with van der Waals surface area (Å²) in [6, 6.07) is 9.23. The van der Waals surface area contributed by atoms with Crippen LogP contribution in [0.1, 0.15) is 57.1 Å². The fourth-order valence-corrected chi connectivity index (χ4v) is 2.45. The third-order valence-corrected chi connectivity index (χ3v) is 4.38. The lowest BCUT2D eigenvalue weighted by Gasteiger charge is -2.13. The molecule has 0 fully saturated rings. The van der Waals surface area contributed by atoms with E-state index >= 15 is 0 Å². The SMILES string of the molecule is CCC(C)c1ccc(CCC(C)CCNCCOC)cc1. The molecule has 120 valence electrons. The number of hydrogen-bond donors (Lipinski definition) is 1. The summed E-state index contributed by atoms with van der Waals surface area (Å²) in [6.45, 7) is 9.76. The van der Waals surface area contributed by atoms with Gasteiger partial charge < -0.3 is 10.1 Å². The van der Waals surface area contributed by atoms with Crippen LogP contribution in [0, 0.1) is 5.92 Å². The first-order valence-electron chi connectivity index (χ1n) is 8.45. The number of nitrogens with one attached hydrogen (secondary N) is 1. The quantitative estimate of drug-likeness (QED) is 0.610. The minimum atomic E-state index is 0.677. The van der Waals surface area contributed by atoms with Crippen LogP contribution in [0.15, 0.2) is 24.3 Å². The van der Waals surface area contributed by atoms with Gasteiger partial charge >= 0.3 is 0 Å². The Hall–Kier alpha value is -0.860. The lowest BCUT2D eigenvalue weighted by atomic mass is 9.94. The smallest absolute Gasteiger partial charge is 0.0587 e. The summed E-state index contributed by atoms with van der Waals surface area (Å²) in [5, 5.41) is 3.42. The molecule has 2 heteroatoms. The average molecular weight is 291 g/mol. The molecule has 0 saturated heterocycles. The van der Waals surface area contributed by atoms with Crippen molar-refractivity contribution in [2.75, 3.05) is 26.8 Å². The van der Waals surface area contributed by atoms with E-state index in [0.717, 1.165) is 25.6 Å². The van der Waals surface area contributed by atoms with Crippen LogP contribution in [-0.4, -0.2) is 26.8 Å². The molecule has 0 heterocycles. The lowest BCUT2D eigenvalue weighted by Crippen LogP contribution is -2.21. The topological polar surface area (TPSA) is 21.3 Å². The predicted molar refractivity (Wildman–Crippen MR) is 92.0 cm³/mol. The van der Waals surface area contributed by atoms with E-state index in [1.807, 2.05) is 0 Å². The van der Waals surface area contributed by atoms with Gasteiger partial charge in [0.25, 0.3) is 0 Å². The molecule has 0 aliphatic carbocycles. The maximum atomic E-state index is 5.03. The van der Waals surface area contributed by atoms with Crippen molar-refractivity contribution in [2.45, 2.75) is 52.4 Å². The number of methoxy groups -OCH3 is 1. The fourth-order valence-electron chi connectivity index (χ4n) is 2.45. The van der Waals surface area contributed by atoms with E-state index in [9.17, 15) is 0 Å². The monoisotopic (exact) mass is 291 g/mol. The highest BCUT2D eigenvalue weighted by Crippen LogP contribution is 2.20. The molecule has 21 heavy (non-hydrogen) atoms. The summed E-state index contributed by atoms with van der Waals surface area (Å²) in [5.41, 5.74) is 2.94. The van der Waals surface area contributed by atoms with Crippen LogP contribution in [0.3, 0.4) is 0 Å². The van der Waals surface area contributed by atoms with Gasteiger partial charge in [-0.1, -0.05) is 45.0 Å². The van der Waals surface area contributed by atoms with Gasteiger partial charge in [0.1, 0.15) is 0 Å². The zero-order chi connectivity index (χ0) is 15.5. The molecule has 1 aromatic carbocycles. The molecular weight excluding hydrogens is 258 g/mol. The summed E-state index contributed by atoms with van der Waals surface area (Å²) in [7, 11) is 1.75. The highest BCUT2D eigenvalue weighted by Gasteiger charge is 2.05. The van der Waals surface area contributed by atoms with Crippen molar-refractivity contribution in [1.29, 1.82) is 0 Å². The molecule has 1 N–H and O–H groups in total. The maximum Gasteiger partial charge on any atom is 0.0587 e. The number of hydrogen-bond acceptors (Lipinski definition) is 2. The number of benzene rings is 1. The second kappa shape index (κ2) is 10.8. The molecule has 2 nitrogen and oxygen atoms in total. The van der Waals surface area contributed by atoms with Gasteiger partial charge in [-0.2, -0.15) is 0 Å². The summed E-state index contributed by atoms with van der Waals surface area (Å²) in [4.78, 5) is 0. The summed E-state index contributed by atoms with van der Waals surface area (Å²) < 4.78 is 5.03. The molecule has 0 aromatic heterocycles. The summed E-state index contributed by atoms with van der Waals surface area (Å²) in [6.07, 6.45) is 4.93. The van der Waals surface area contributed by atoms with Gasteiger partial charge in [-0.15, -0.1) is 0 Å². The van der Waals surface area contributed by atoms with Crippen molar-refractivity contribution in [1.82, 2.24) is 5.32 Å². The van der Waals surface area contributed by atoms with Crippen molar-refractivity contribution in [3.8, 4) is 0 Å². The second-order valence-corrected chi connectivity index (χ2v) is 6.23. The van der Waals surface area contributed by atoms with Gasteiger partial charge in [-0.05, 0) is 55.2 Å². The van der Waals surface area contributed by atoms with Crippen molar-refractivity contribution < 1.29 is 4.74 Å². The van der Waals surface area contributed by atoms with Crippen LogP contribution < -0.4 is 5.32 Å². The third-order valence-electron chi connectivity index (χ3n) is 4.38.